The maximum absolute atomic E-state index is 14.8. The SMILES string of the molecule is N#Cc1ccnc(N2[C@H](C(=O)N(c3cccc(S(N)(=O)=O)c3)C(C(=O)NC3CCCCC3)c3ccccc3Cl)CCS2(=O)=O)c1. The number of nitriles is 1. The van der Waals surface area contributed by atoms with Crippen molar-refractivity contribution >= 4 is 55.0 Å². The minimum Gasteiger partial charge on any atom is -0.351 e. The molecule has 3 N–H and O–H groups in total. The molecule has 2 fully saturated rings. The molecule has 1 aliphatic heterocycles. The Morgan fingerprint density at radius 3 is 2.49 bits per heavy atom. The first kappa shape index (κ1) is 32.4. The summed E-state index contributed by atoms with van der Waals surface area (Å²) in [6.07, 6.45) is 5.47. The Kier molecular flexibility index (Phi) is 9.45. The van der Waals surface area contributed by atoms with E-state index < -0.39 is 49.7 Å². The second kappa shape index (κ2) is 13.1. The van der Waals surface area contributed by atoms with Gasteiger partial charge in [-0.2, -0.15) is 5.26 Å². The highest BCUT2D eigenvalue weighted by Gasteiger charge is 2.47. The number of primary sulfonamides is 1. The monoisotopic (exact) mass is 670 g/mol. The van der Waals surface area contributed by atoms with Crippen LogP contribution < -0.4 is 19.7 Å². The van der Waals surface area contributed by atoms with Crippen molar-refractivity contribution in [2.75, 3.05) is 15.0 Å². The van der Waals surface area contributed by atoms with E-state index in [1.54, 1.807) is 24.3 Å². The summed E-state index contributed by atoms with van der Waals surface area (Å²) in [7, 11) is -8.31. The van der Waals surface area contributed by atoms with E-state index in [1.807, 2.05) is 6.07 Å². The number of halogens is 1. The van der Waals surface area contributed by atoms with Gasteiger partial charge in [0.1, 0.15) is 17.9 Å². The Labute approximate surface area is 266 Å². The van der Waals surface area contributed by atoms with Gasteiger partial charge in [0.25, 0.3) is 5.91 Å². The number of sulfonamides is 2. The van der Waals surface area contributed by atoms with Gasteiger partial charge in [0, 0.05) is 28.5 Å². The molecule has 2 heterocycles. The molecule has 2 amide bonds. The van der Waals surface area contributed by atoms with E-state index in [0.717, 1.165) is 47.4 Å². The van der Waals surface area contributed by atoms with Gasteiger partial charge in [-0.15, -0.1) is 0 Å². The Morgan fingerprint density at radius 1 is 1.07 bits per heavy atom. The summed E-state index contributed by atoms with van der Waals surface area (Å²) in [6.45, 7) is 0. The van der Waals surface area contributed by atoms with Crippen LogP contribution in [-0.2, 0) is 29.6 Å². The molecule has 1 saturated heterocycles. The fraction of sp³-hybridized carbons (Fsp3) is 0.333. The molecule has 2 aromatic carbocycles. The molecule has 45 heavy (non-hydrogen) atoms. The zero-order chi connectivity index (χ0) is 32.4. The first-order valence-electron chi connectivity index (χ1n) is 14.3. The van der Waals surface area contributed by atoms with Gasteiger partial charge in [-0.25, -0.2) is 31.3 Å². The van der Waals surface area contributed by atoms with E-state index in [-0.39, 0.29) is 45.0 Å². The molecule has 5 rings (SSSR count). The highest BCUT2D eigenvalue weighted by atomic mass is 35.5. The number of nitrogens with one attached hydrogen (secondary N) is 1. The topological polar surface area (TPSA) is 184 Å². The molecular formula is C30H31ClN6O6S2. The van der Waals surface area contributed by atoms with Crippen LogP contribution in [0.2, 0.25) is 5.02 Å². The average molecular weight is 671 g/mol. The zero-order valence-corrected chi connectivity index (χ0v) is 26.4. The smallest absolute Gasteiger partial charge is 0.252 e. The van der Waals surface area contributed by atoms with Crippen LogP contribution in [0.4, 0.5) is 11.5 Å². The zero-order valence-electron chi connectivity index (χ0n) is 24.0. The van der Waals surface area contributed by atoms with Crippen LogP contribution in [0.5, 0.6) is 0 Å². The normalized spacial score (nSPS) is 19.0. The highest BCUT2D eigenvalue weighted by Crippen LogP contribution is 2.37. The minimum atomic E-state index is -4.24. The van der Waals surface area contributed by atoms with E-state index in [0.29, 0.717) is 0 Å². The molecule has 1 aliphatic carbocycles. The lowest BCUT2D eigenvalue weighted by Gasteiger charge is -2.36. The fourth-order valence-corrected chi connectivity index (χ4v) is 8.28. The number of benzene rings is 2. The number of carbonyl (C=O) groups excluding carboxylic acids is 2. The van der Waals surface area contributed by atoms with Gasteiger partial charge >= 0.3 is 0 Å². The Hall–Kier alpha value is -4.03. The van der Waals surface area contributed by atoms with Gasteiger partial charge in [0.05, 0.1) is 22.3 Å². The third-order valence-electron chi connectivity index (χ3n) is 7.94. The molecule has 1 unspecified atom stereocenters. The number of hydrogen-bond acceptors (Lipinski definition) is 8. The summed E-state index contributed by atoms with van der Waals surface area (Å²) in [6, 6.07) is 13.3. The molecule has 2 aliphatic rings. The molecule has 0 radical (unpaired) electrons. The summed E-state index contributed by atoms with van der Waals surface area (Å²) in [5.74, 6) is -1.93. The van der Waals surface area contributed by atoms with Crippen molar-refractivity contribution in [1.82, 2.24) is 10.3 Å². The molecule has 2 atom stereocenters. The number of aromatic nitrogens is 1. The first-order chi connectivity index (χ1) is 21.4. The summed E-state index contributed by atoms with van der Waals surface area (Å²) in [5, 5.41) is 18.1. The molecule has 15 heteroatoms. The molecule has 236 valence electrons. The maximum Gasteiger partial charge on any atom is 0.252 e. The Morgan fingerprint density at radius 2 is 1.80 bits per heavy atom. The van der Waals surface area contributed by atoms with Crippen LogP contribution in [0, 0.1) is 11.3 Å². The minimum absolute atomic E-state index is 0.0155. The number of hydrogen-bond donors (Lipinski definition) is 2. The lowest BCUT2D eigenvalue weighted by atomic mass is 9.94. The van der Waals surface area contributed by atoms with E-state index in [9.17, 15) is 31.7 Å². The standard InChI is InChI=1S/C30H31ClN6O6S2/c31-25-12-5-4-11-24(25)28(29(38)35-21-7-2-1-3-8-21)36(22-9-6-10-23(18-22)45(33,42)43)30(39)26-14-16-44(40,41)37(26)27-17-20(19-32)13-15-34-27/h4-6,9-13,15,17-18,21,26,28H,1-3,7-8,14,16H2,(H,35,38)(H2,33,42,43)/t26-,28?/m0/s1. The summed E-state index contributed by atoms with van der Waals surface area (Å²) >= 11 is 6.63. The van der Waals surface area contributed by atoms with Gasteiger partial charge in [0.2, 0.25) is 26.0 Å². The second-order valence-corrected chi connectivity index (χ2v) is 14.9. The lowest BCUT2D eigenvalue weighted by molar-refractivity contribution is -0.127. The van der Waals surface area contributed by atoms with Gasteiger partial charge < -0.3 is 5.32 Å². The molecule has 3 aromatic rings. The van der Waals surface area contributed by atoms with E-state index >= 15 is 0 Å². The van der Waals surface area contributed by atoms with Crippen LogP contribution in [0.25, 0.3) is 0 Å². The second-order valence-electron chi connectivity index (χ2n) is 10.9. The lowest BCUT2D eigenvalue weighted by Crippen LogP contribution is -2.53. The molecule has 1 aromatic heterocycles. The number of pyridine rings is 1. The van der Waals surface area contributed by atoms with Gasteiger partial charge in [-0.05, 0) is 55.7 Å². The summed E-state index contributed by atoms with van der Waals surface area (Å²) in [4.78, 5) is 33.9. The Balaban J connectivity index is 1.69. The quantitative estimate of drug-likeness (QED) is 0.365. The first-order valence-corrected chi connectivity index (χ1v) is 17.8. The van der Waals surface area contributed by atoms with Crippen LogP contribution in [0.3, 0.4) is 0 Å². The van der Waals surface area contributed by atoms with Crippen molar-refractivity contribution in [3.05, 3.63) is 83.0 Å². The van der Waals surface area contributed by atoms with Crippen molar-refractivity contribution in [3.63, 3.8) is 0 Å². The van der Waals surface area contributed by atoms with Crippen LogP contribution in [-0.4, -0.2) is 51.5 Å². The third-order valence-corrected chi connectivity index (χ3v) is 11.0. The van der Waals surface area contributed by atoms with Crippen molar-refractivity contribution in [2.45, 2.75) is 61.5 Å². The number of nitrogens with zero attached hydrogens (tertiary/aromatic N) is 4. The van der Waals surface area contributed by atoms with Gasteiger partial charge in [0.15, 0.2) is 0 Å². The number of anilines is 2. The van der Waals surface area contributed by atoms with Gasteiger partial charge in [-0.3, -0.25) is 14.5 Å². The van der Waals surface area contributed by atoms with E-state index in [2.05, 4.69) is 10.3 Å². The number of rotatable bonds is 8. The van der Waals surface area contributed by atoms with Crippen LogP contribution in [0.1, 0.15) is 55.7 Å². The number of carbonyl (C=O) groups is 2. The van der Waals surface area contributed by atoms with Crippen LogP contribution in [0.15, 0.2) is 71.8 Å². The van der Waals surface area contributed by atoms with E-state index in [4.69, 9.17) is 16.7 Å². The molecule has 0 bridgehead atoms. The maximum atomic E-state index is 14.8. The van der Waals surface area contributed by atoms with Crippen molar-refractivity contribution in [2.24, 2.45) is 5.14 Å². The molecule has 12 nitrogen and oxygen atoms in total. The molecular weight excluding hydrogens is 640 g/mol. The predicted octanol–water partition coefficient (Wildman–Crippen LogP) is 3.39. The molecule has 1 saturated carbocycles. The third kappa shape index (κ3) is 6.96. The Bertz CT molecular complexity index is 1880. The average Bonchev–Trinajstić information content (AvgIpc) is 3.34. The predicted molar refractivity (Wildman–Crippen MR) is 168 cm³/mol. The fourth-order valence-electron chi connectivity index (χ4n) is 5.80. The number of amides is 2. The summed E-state index contributed by atoms with van der Waals surface area (Å²) in [5.41, 5.74) is 0.365. The summed E-state index contributed by atoms with van der Waals surface area (Å²) < 4.78 is 52.3. The number of nitrogens with two attached hydrogens (primary N) is 1. The molecule has 0 spiro atoms. The highest BCUT2D eigenvalue weighted by molar-refractivity contribution is 7.93. The van der Waals surface area contributed by atoms with Crippen molar-refractivity contribution in [1.29, 1.82) is 5.26 Å². The van der Waals surface area contributed by atoms with Crippen molar-refractivity contribution in [3.8, 4) is 6.07 Å². The van der Waals surface area contributed by atoms with Crippen molar-refractivity contribution < 1.29 is 26.4 Å². The largest absolute Gasteiger partial charge is 0.351 e. The van der Waals surface area contributed by atoms with Crippen LogP contribution >= 0.6 is 11.6 Å². The van der Waals surface area contributed by atoms with E-state index in [1.165, 1.54) is 36.5 Å². The van der Waals surface area contributed by atoms with Gasteiger partial charge in [-0.1, -0.05) is 55.1 Å².